The van der Waals surface area contributed by atoms with Crippen LogP contribution in [0.3, 0.4) is 0 Å². The summed E-state index contributed by atoms with van der Waals surface area (Å²) in [6.07, 6.45) is 21.3. The molecule has 30 heavy (non-hydrogen) atoms. The zero-order valence-electron chi connectivity index (χ0n) is 21.9. The van der Waals surface area contributed by atoms with E-state index in [9.17, 15) is 0 Å². The van der Waals surface area contributed by atoms with Gasteiger partial charge in [0.05, 0.1) is 0 Å². The minimum Gasteiger partial charge on any atom is -0.0620 e. The Kier molecular flexibility index (Phi) is 8.45. The summed E-state index contributed by atoms with van der Waals surface area (Å²) in [6.45, 7) is 17.2. The molecule has 0 bridgehead atoms. The van der Waals surface area contributed by atoms with E-state index in [1.54, 1.807) is 32.1 Å². The zero-order valence-corrected chi connectivity index (χ0v) is 21.9. The molecule has 0 heterocycles. The maximum Gasteiger partial charge on any atom is -0.0354 e. The zero-order chi connectivity index (χ0) is 21.9. The highest BCUT2D eigenvalue weighted by molar-refractivity contribution is 4.89. The van der Waals surface area contributed by atoms with Crippen molar-refractivity contribution in [2.45, 2.75) is 138 Å². The van der Waals surface area contributed by atoms with Crippen LogP contribution in [0, 0.1) is 52.3 Å². The fourth-order valence-corrected chi connectivity index (χ4v) is 7.66. The second-order valence-corrected chi connectivity index (χ2v) is 14.4. The van der Waals surface area contributed by atoms with Crippen LogP contribution in [0.4, 0.5) is 0 Å². The molecular formula is C30H56. The van der Waals surface area contributed by atoms with Crippen molar-refractivity contribution in [3.8, 4) is 0 Å². The molecule has 3 saturated carbocycles. The van der Waals surface area contributed by atoms with Crippen LogP contribution in [0.5, 0.6) is 0 Å². The van der Waals surface area contributed by atoms with E-state index in [0.29, 0.717) is 10.8 Å². The van der Waals surface area contributed by atoms with Gasteiger partial charge in [0.15, 0.2) is 0 Å². The normalized spacial score (nSPS) is 38.7. The SMILES string of the molecule is CC1C(CCC2CCC(C(C)(C)C)CC2)CCC1C1CCC(CCC(C)(C)C)CC1. The topological polar surface area (TPSA) is 0 Å². The van der Waals surface area contributed by atoms with Crippen LogP contribution >= 0.6 is 0 Å². The van der Waals surface area contributed by atoms with Gasteiger partial charge in [-0.2, -0.15) is 0 Å². The second kappa shape index (κ2) is 10.3. The van der Waals surface area contributed by atoms with Crippen LogP contribution in [-0.4, -0.2) is 0 Å². The summed E-state index contributed by atoms with van der Waals surface area (Å²) in [4.78, 5) is 0. The first-order valence-corrected chi connectivity index (χ1v) is 14.0. The molecule has 3 fully saturated rings. The molecule has 0 nitrogen and oxygen atoms in total. The van der Waals surface area contributed by atoms with Gasteiger partial charge in [-0.1, -0.05) is 80.6 Å². The van der Waals surface area contributed by atoms with Crippen molar-refractivity contribution in [2.75, 3.05) is 0 Å². The molecule has 0 heteroatoms. The first-order chi connectivity index (χ1) is 14.0. The Bertz CT molecular complexity index is 487. The van der Waals surface area contributed by atoms with Gasteiger partial charge >= 0.3 is 0 Å². The Morgan fingerprint density at radius 2 is 1.17 bits per heavy atom. The summed E-state index contributed by atoms with van der Waals surface area (Å²) in [6, 6.07) is 0. The van der Waals surface area contributed by atoms with Crippen LogP contribution in [0.25, 0.3) is 0 Å². The molecule has 0 aromatic heterocycles. The molecule has 0 aromatic carbocycles. The molecule has 0 N–H and O–H groups in total. The summed E-state index contributed by atoms with van der Waals surface area (Å²) in [5.41, 5.74) is 1.06. The molecule has 0 radical (unpaired) electrons. The Balaban J connectivity index is 1.36. The summed E-state index contributed by atoms with van der Waals surface area (Å²) < 4.78 is 0. The van der Waals surface area contributed by atoms with Crippen molar-refractivity contribution in [2.24, 2.45) is 52.3 Å². The van der Waals surface area contributed by atoms with Crippen molar-refractivity contribution < 1.29 is 0 Å². The van der Waals surface area contributed by atoms with Crippen LogP contribution in [0.2, 0.25) is 0 Å². The lowest BCUT2D eigenvalue weighted by molar-refractivity contribution is 0.135. The lowest BCUT2D eigenvalue weighted by Crippen LogP contribution is -2.27. The maximum atomic E-state index is 2.64. The van der Waals surface area contributed by atoms with Crippen molar-refractivity contribution >= 4 is 0 Å². The quantitative estimate of drug-likeness (QED) is 0.404. The largest absolute Gasteiger partial charge is 0.0620 e. The maximum absolute atomic E-state index is 2.64. The summed E-state index contributed by atoms with van der Waals surface area (Å²) >= 11 is 0. The lowest BCUT2D eigenvalue weighted by Gasteiger charge is -2.37. The predicted molar refractivity (Wildman–Crippen MR) is 134 cm³/mol. The molecule has 3 rings (SSSR count). The van der Waals surface area contributed by atoms with Crippen molar-refractivity contribution in [3.63, 3.8) is 0 Å². The van der Waals surface area contributed by atoms with Crippen LogP contribution < -0.4 is 0 Å². The van der Waals surface area contributed by atoms with Crippen molar-refractivity contribution in [1.29, 1.82) is 0 Å². The van der Waals surface area contributed by atoms with Gasteiger partial charge in [-0.15, -0.1) is 0 Å². The number of hydrogen-bond acceptors (Lipinski definition) is 0. The smallest absolute Gasteiger partial charge is 0.0354 e. The molecule has 0 aromatic rings. The van der Waals surface area contributed by atoms with Gasteiger partial charge in [0.1, 0.15) is 0 Å². The van der Waals surface area contributed by atoms with Gasteiger partial charge in [-0.05, 0) is 110 Å². The van der Waals surface area contributed by atoms with Gasteiger partial charge in [-0.25, -0.2) is 0 Å². The van der Waals surface area contributed by atoms with Crippen LogP contribution in [0.1, 0.15) is 138 Å². The molecule has 176 valence electrons. The molecule has 0 saturated heterocycles. The molecule has 0 amide bonds. The first-order valence-electron chi connectivity index (χ1n) is 14.0. The summed E-state index contributed by atoms with van der Waals surface area (Å²) in [5, 5.41) is 0. The Morgan fingerprint density at radius 3 is 1.73 bits per heavy atom. The second-order valence-electron chi connectivity index (χ2n) is 14.4. The van der Waals surface area contributed by atoms with E-state index >= 15 is 0 Å². The Labute approximate surface area is 190 Å². The highest BCUT2D eigenvalue weighted by Crippen LogP contribution is 2.49. The molecular weight excluding hydrogens is 360 g/mol. The van der Waals surface area contributed by atoms with Gasteiger partial charge in [0.25, 0.3) is 0 Å². The third kappa shape index (κ3) is 7.00. The molecule has 0 spiro atoms. The molecule has 3 aliphatic carbocycles. The van der Waals surface area contributed by atoms with Crippen molar-refractivity contribution in [3.05, 3.63) is 0 Å². The summed E-state index contributed by atoms with van der Waals surface area (Å²) in [5.74, 6) is 7.25. The Hall–Kier alpha value is 0. The summed E-state index contributed by atoms with van der Waals surface area (Å²) in [7, 11) is 0. The molecule has 0 aliphatic heterocycles. The van der Waals surface area contributed by atoms with E-state index in [0.717, 1.165) is 41.4 Å². The van der Waals surface area contributed by atoms with E-state index in [4.69, 9.17) is 0 Å². The number of rotatable bonds is 6. The average molecular weight is 417 g/mol. The fraction of sp³-hybridized carbons (Fsp3) is 1.00. The van der Waals surface area contributed by atoms with Crippen LogP contribution in [-0.2, 0) is 0 Å². The van der Waals surface area contributed by atoms with E-state index < -0.39 is 0 Å². The first kappa shape index (κ1) is 24.6. The molecule has 3 unspecified atom stereocenters. The average Bonchev–Trinajstić information content (AvgIpc) is 3.05. The van der Waals surface area contributed by atoms with E-state index in [1.807, 2.05) is 0 Å². The lowest BCUT2D eigenvalue weighted by atomic mass is 9.68. The fourth-order valence-electron chi connectivity index (χ4n) is 7.66. The van der Waals surface area contributed by atoms with Crippen LogP contribution in [0.15, 0.2) is 0 Å². The van der Waals surface area contributed by atoms with E-state index in [-0.39, 0.29) is 0 Å². The minimum absolute atomic E-state index is 0.524. The van der Waals surface area contributed by atoms with Gasteiger partial charge in [0.2, 0.25) is 0 Å². The van der Waals surface area contributed by atoms with E-state index in [1.165, 1.54) is 57.8 Å². The highest BCUT2D eigenvalue weighted by atomic mass is 14.4. The van der Waals surface area contributed by atoms with Gasteiger partial charge in [0, 0.05) is 0 Å². The number of hydrogen-bond donors (Lipinski definition) is 0. The van der Waals surface area contributed by atoms with Gasteiger partial charge in [-0.3, -0.25) is 0 Å². The predicted octanol–water partition coefficient (Wildman–Crippen LogP) is 9.91. The third-order valence-electron chi connectivity index (χ3n) is 10.1. The van der Waals surface area contributed by atoms with Crippen molar-refractivity contribution in [1.82, 2.24) is 0 Å². The van der Waals surface area contributed by atoms with E-state index in [2.05, 4.69) is 48.5 Å². The highest BCUT2D eigenvalue weighted by Gasteiger charge is 2.39. The molecule has 3 aliphatic rings. The monoisotopic (exact) mass is 416 g/mol. The molecule has 3 atom stereocenters. The Morgan fingerprint density at radius 1 is 0.600 bits per heavy atom. The van der Waals surface area contributed by atoms with Gasteiger partial charge < -0.3 is 0 Å². The standard InChI is InChI=1S/C30H56/c1-22-25(13-8-23-11-17-27(18-12-23)30(5,6)7)16-19-28(22)26-14-9-24(10-15-26)20-21-29(2,3)4/h22-28H,8-21H2,1-7H3. The third-order valence-corrected chi connectivity index (χ3v) is 10.1. The minimum atomic E-state index is 0.524.